The molecule has 0 spiro atoms. The molecular weight excluding hydrogens is 570 g/mol. The first-order chi connectivity index (χ1) is 20.7. The number of rotatable bonds is 21. The zero-order valence-electron chi connectivity index (χ0n) is 27.6. The second-order valence-corrected chi connectivity index (χ2v) is 12.4. The number of methoxy groups -OCH3 is 2. The van der Waals surface area contributed by atoms with Crippen molar-refractivity contribution < 1.29 is 48.3 Å². The second kappa shape index (κ2) is 19.9. The quantitative estimate of drug-likeness (QED) is 0.0948. The number of aliphatic hydroxyl groups is 1. The maximum atomic E-state index is 12.7. The number of carboxylic acids is 1. The zero-order chi connectivity index (χ0) is 33.3. The number of aliphatic carboxylic acids is 1. The molecule has 11 nitrogen and oxygen atoms in total. The Bertz CT molecular complexity index is 1060. The third kappa shape index (κ3) is 15.5. The monoisotopic (exact) mass is 623 g/mol. The van der Waals surface area contributed by atoms with Gasteiger partial charge in [0.05, 0.1) is 38.4 Å². The second-order valence-electron chi connectivity index (χ2n) is 12.4. The van der Waals surface area contributed by atoms with Crippen LogP contribution in [-0.4, -0.2) is 80.0 Å². The maximum Gasteiger partial charge on any atom is 0.407 e. The molecular formula is C33H53NO10. The molecule has 250 valence electrons. The minimum Gasteiger partial charge on any atom is -0.490 e. The molecule has 0 aliphatic carbocycles. The molecule has 0 fully saturated rings. The molecule has 0 aromatic heterocycles. The van der Waals surface area contributed by atoms with Crippen LogP contribution in [0, 0.1) is 17.8 Å². The average molecular weight is 624 g/mol. The molecule has 4 atom stereocenters. The molecule has 3 N–H and O–H groups in total. The van der Waals surface area contributed by atoms with Gasteiger partial charge >= 0.3 is 12.1 Å². The van der Waals surface area contributed by atoms with E-state index in [0.29, 0.717) is 63.4 Å². The highest BCUT2D eigenvalue weighted by Gasteiger charge is 2.31. The number of carboxylic acid groups (broad SMARTS) is 1. The molecule has 0 unspecified atom stereocenters. The van der Waals surface area contributed by atoms with Gasteiger partial charge in [-0.3, -0.25) is 4.79 Å². The van der Waals surface area contributed by atoms with Crippen LogP contribution in [0.1, 0.15) is 79.2 Å². The van der Waals surface area contributed by atoms with Crippen LogP contribution in [-0.2, 0) is 30.2 Å². The molecule has 44 heavy (non-hydrogen) atoms. The summed E-state index contributed by atoms with van der Waals surface area (Å²) in [7, 11) is 3.07. The number of benzene rings is 1. The molecule has 0 bridgehead atoms. The van der Waals surface area contributed by atoms with Gasteiger partial charge in [0.25, 0.3) is 0 Å². The minimum atomic E-state index is -1.09. The largest absolute Gasteiger partial charge is 0.490 e. The van der Waals surface area contributed by atoms with Gasteiger partial charge in [0.1, 0.15) is 5.60 Å². The molecule has 0 radical (unpaired) electrons. The Kier molecular flexibility index (Phi) is 17.5. The molecule has 0 aliphatic rings. The highest BCUT2D eigenvalue weighted by Crippen LogP contribution is 2.32. The van der Waals surface area contributed by atoms with Crippen LogP contribution in [0.2, 0.25) is 0 Å². The number of ether oxygens (including phenoxy) is 5. The van der Waals surface area contributed by atoms with Gasteiger partial charge in [-0.05, 0) is 76.0 Å². The Balaban J connectivity index is 3.17. The van der Waals surface area contributed by atoms with Crippen molar-refractivity contribution in [1.82, 2.24) is 5.32 Å². The van der Waals surface area contributed by atoms with Crippen LogP contribution in [0.25, 0.3) is 0 Å². The third-order valence-electron chi connectivity index (χ3n) is 7.11. The van der Waals surface area contributed by atoms with E-state index in [-0.39, 0.29) is 24.0 Å². The van der Waals surface area contributed by atoms with E-state index in [0.717, 1.165) is 5.56 Å². The molecule has 0 saturated carbocycles. The summed E-state index contributed by atoms with van der Waals surface area (Å²) in [6.07, 6.45) is 0.919. The van der Waals surface area contributed by atoms with E-state index in [4.69, 9.17) is 23.7 Å². The summed E-state index contributed by atoms with van der Waals surface area (Å²) in [5, 5.41) is 23.2. The topological polar surface area (TPSA) is 150 Å². The van der Waals surface area contributed by atoms with Gasteiger partial charge in [0, 0.05) is 26.6 Å². The van der Waals surface area contributed by atoms with Crippen LogP contribution in [0.3, 0.4) is 0 Å². The van der Waals surface area contributed by atoms with Gasteiger partial charge in [0.2, 0.25) is 0 Å². The number of hydrogen-bond donors (Lipinski definition) is 3. The lowest BCUT2D eigenvalue weighted by atomic mass is 9.82. The van der Waals surface area contributed by atoms with Crippen molar-refractivity contribution in [3.05, 3.63) is 29.5 Å². The SMILES string of the molecule is COCCCOc1cc(C[C@@H](C[C@H](NC(=O)OC(C)(C)C)[C@@H](O)C[C@@H](C)C(=O)O)C(C)C)ccc1OCCCC(=C=O)OC. The van der Waals surface area contributed by atoms with Crippen molar-refractivity contribution in [3.8, 4) is 11.5 Å². The van der Waals surface area contributed by atoms with Gasteiger partial charge < -0.3 is 39.2 Å². The van der Waals surface area contributed by atoms with Gasteiger partial charge in [-0.25, -0.2) is 9.59 Å². The first kappa shape index (κ1) is 38.8. The van der Waals surface area contributed by atoms with Crippen molar-refractivity contribution in [2.24, 2.45) is 17.8 Å². The summed E-state index contributed by atoms with van der Waals surface area (Å²) in [5.74, 6) is 1.55. The molecule has 11 heteroatoms. The Morgan fingerprint density at radius 1 is 0.977 bits per heavy atom. The Hall–Kier alpha value is -3.27. The lowest BCUT2D eigenvalue weighted by Crippen LogP contribution is -2.47. The number of alkyl carbamates (subject to hydrolysis) is 1. The average Bonchev–Trinajstić information content (AvgIpc) is 2.94. The summed E-state index contributed by atoms with van der Waals surface area (Å²) in [6, 6.07) is 5.02. The standard InChI is InChI=1S/C33H53NO10/c1-22(2)25(20-27(28(36)17-23(3)31(37)38)34-32(39)44-33(4,5)6)18-24-12-13-29(30(19-24)43-16-10-14-40-7)42-15-9-11-26(21-35)41-8/h12-13,19,22-23,25,27-28,36H,9-11,14-18,20H2,1-8H3,(H,34,39)(H,37,38)/t23-,25+,27+,28+/m1/s1. The number of nitrogens with one attached hydrogen (secondary N) is 1. The van der Waals surface area contributed by atoms with Crippen LogP contribution in [0.15, 0.2) is 24.0 Å². The van der Waals surface area contributed by atoms with Crippen LogP contribution >= 0.6 is 0 Å². The fourth-order valence-corrected chi connectivity index (χ4v) is 4.53. The van der Waals surface area contributed by atoms with E-state index in [2.05, 4.69) is 19.2 Å². The predicted molar refractivity (Wildman–Crippen MR) is 167 cm³/mol. The maximum absolute atomic E-state index is 12.7. The Labute approximate surface area is 262 Å². The number of hydrogen-bond acceptors (Lipinski definition) is 9. The molecule has 0 aliphatic heterocycles. The fraction of sp³-hybridized carbons (Fsp3) is 0.697. The number of carbonyl (C=O) groups is 2. The zero-order valence-corrected chi connectivity index (χ0v) is 27.6. The van der Waals surface area contributed by atoms with E-state index in [9.17, 15) is 24.6 Å². The van der Waals surface area contributed by atoms with Crippen LogP contribution in [0.5, 0.6) is 11.5 Å². The summed E-state index contributed by atoms with van der Waals surface area (Å²) in [4.78, 5) is 35.0. The molecule has 1 aromatic rings. The van der Waals surface area contributed by atoms with Crippen LogP contribution < -0.4 is 14.8 Å². The molecule has 0 heterocycles. The molecule has 1 aromatic carbocycles. The third-order valence-corrected chi connectivity index (χ3v) is 7.11. The van der Waals surface area contributed by atoms with E-state index < -0.39 is 35.7 Å². The van der Waals surface area contributed by atoms with Crippen molar-refractivity contribution in [3.63, 3.8) is 0 Å². The first-order valence-corrected chi connectivity index (χ1v) is 15.3. The van der Waals surface area contributed by atoms with Gasteiger partial charge in [0.15, 0.2) is 23.2 Å². The smallest absolute Gasteiger partial charge is 0.407 e. The van der Waals surface area contributed by atoms with Crippen molar-refractivity contribution in [2.75, 3.05) is 34.0 Å². The van der Waals surface area contributed by atoms with Gasteiger partial charge in [-0.2, -0.15) is 0 Å². The summed E-state index contributed by atoms with van der Waals surface area (Å²) >= 11 is 0. The lowest BCUT2D eigenvalue weighted by molar-refractivity contribution is -0.142. The molecule has 0 saturated heterocycles. The molecule has 1 amide bonds. The number of amides is 1. The Morgan fingerprint density at radius 3 is 2.20 bits per heavy atom. The number of allylic oxidation sites excluding steroid dienone is 1. The Morgan fingerprint density at radius 2 is 1.64 bits per heavy atom. The van der Waals surface area contributed by atoms with Gasteiger partial charge in [-0.15, -0.1) is 0 Å². The van der Waals surface area contributed by atoms with E-state index in [1.807, 2.05) is 18.2 Å². The normalized spacial score (nSPS) is 14.1. The fourth-order valence-electron chi connectivity index (χ4n) is 4.53. The van der Waals surface area contributed by atoms with E-state index >= 15 is 0 Å². The highest BCUT2D eigenvalue weighted by atomic mass is 16.6. The summed E-state index contributed by atoms with van der Waals surface area (Å²) in [5.41, 5.74) is 0.249. The van der Waals surface area contributed by atoms with Gasteiger partial charge in [-0.1, -0.05) is 26.8 Å². The highest BCUT2D eigenvalue weighted by molar-refractivity contribution is 5.70. The number of carbonyl (C=O) groups excluding carboxylic acids is 2. The van der Waals surface area contributed by atoms with Crippen molar-refractivity contribution in [1.29, 1.82) is 0 Å². The van der Waals surface area contributed by atoms with E-state index in [1.165, 1.54) is 14.0 Å². The predicted octanol–water partition coefficient (Wildman–Crippen LogP) is 5.19. The lowest BCUT2D eigenvalue weighted by Gasteiger charge is -2.32. The summed E-state index contributed by atoms with van der Waals surface area (Å²) in [6.45, 7) is 12.3. The van der Waals surface area contributed by atoms with Crippen molar-refractivity contribution >= 4 is 18.0 Å². The van der Waals surface area contributed by atoms with Crippen LogP contribution in [0.4, 0.5) is 4.79 Å². The summed E-state index contributed by atoms with van der Waals surface area (Å²) < 4.78 is 27.6. The number of aliphatic hydroxyl groups excluding tert-OH is 1. The minimum absolute atomic E-state index is 0.0133. The van der Waals surface area contributed by atoms with E-state index in [1.54, 1.807) is 33.8 Å². The first-order valence-electron chi connectivity index (χ1n) is 15.3. The van der Waals surface area contributed by atoms with Crippen molar-refractivity contribution in [2.45, 2.75) is 97.8 Å². The molecule has 1 rings (SSSR count).